The average Bonchev–Trinajstić information content (AvgIpc) is 2.65. The molecule has 2 aromatic rings. The second kappa shape index (κ2) is 4.25. The summed E-state index contributed by atoms with van der Waals surface area (Å²) in [5, 5.41) is 13.9. The first-order chi connectivity index (χ1) is 7.67. The molecule has 16 heavy (non-hydrogen) atoms. The number of aliphatic hydroxyl groups is 1. The molecule has 1 atom stereocenters. The van der Waals surface area contributed by atoms with Crippen LogP contribution in [0.2, 0.25) is 5.15 Å². The Morgan fingerprint density at radius 1 is 1.62 bits per heavy atom. The van der Waals surface area contributed by atoms with Gasteiger partial charge in [0, 0.05) is 12.6 Å². The first kappa shape index (κ1) is 11.1. The highest BCUT2D eigenvalue weighted by molar-refractivity contribution is 6.30. The smallest absolute Gasteiger partial charge is 0.231 e. The predicted molar refractivity (Wildman–Crippen MR) is 58.6 cm³/mol. The number of rotatable bonds is 3. The maximum absolute atomic E-state index is 9.59. The van der Waals surface area contributed by atoms with E-state index in [2.05, 4.69) is 10.1 Å². The summed E-state index contributed by atoms with van der Waals surface area (Å²) in [4.78, 5) is 4.14. The maximum atomic E-state index is 9.59. The lowest BCUT2D eigenvalue weighted by atomic mass is 10.3. The molecule has 0 aromatic carbocycles. The zero-order chi connectivity index (χ0) is 11.7. The van der Waals surface area contributed by atoms with Crippen molar-refractivity contribution < 1.29 is 9.84 Å². The summed E-state index contributed by atoms with van der Waals surface area (Å²) in [7, 11) is 1.51. The van der Waals surface area contributed by atoms with Gasteiger partial charge in [0.2, 0.25) is 5.88 Å². The highest BCUT2D eigenvalue weighted by Crippen LogP contribution is 2.23. The van der Waals surface area contributed by atoms with Crippen LogP contribution >= 0.6 is 11.6 Å². The van der Waals surface area contributed by atoms with Crippen LogP contribution in [0.3, 0.4) is 0 Å². The van der Waals surface area contributed by atoms with Crippen LogP contribution in [0.25, 0.3) is 5.65 Å². The van der Waals surface area contributed by atoms with Crippen molar-refractivity contribution in [3.05, 3.63) is 23.0 Å². The van der Waals surface area contributed by atoms with Gasteiger partial charge in [-0.1, -0.05) is 11.6 Å². The fraction of sp³-hybridized carbons (Fsp3) is 0.333. The Morgan fingerprint density at radius 3 is 3.00 bits per heavy atom. The van der Waals surface area contributed by atoms with Crippen molar-refractivity contribution in [1.29, 1.82) is 0 Å². The van der Waals surface area contributed by atoms with Crippen LogP contribution in [0.5, 0.6) is 5.88 Å². The fourth-order valence-electron chi connectivity index (χ4n) is 1.34. The van der Waals surface area contributed by atoms with E-state index in [0.717, 1.165) is 0 Å². The lowest BCUT2D eigenvalue weighted by molar-refractivity contribution is 0.182. The highest BCUT2D eigenvalue weighted by Gasteiger charge is 2.17. The van der Waals surface area contributed by atoms with Crippen LogP contribution in [0.4, 0.5) is 0 Å². The van der Waals surface area contributed by atoms with E-state index in [9.17, 15) is 5.11 Å². The third-order valence-electron chi connectivity index (χ3n) is 2.17. The molecule has 86 valence electrons. The number of hydrogen-bond donors (Lipinski definition) is 2. The van der Waals surface area contributed by atoms with E-state index in [1.165, 1.54) is 11.6 Å². The highest BCUT2D eigenvalue weighted by atomic mass is 35.5. The van der Waals surface area contributed by atoms with Crippen LogP contribution in [-0.4, -0.2) is 33.4 Å². The van der Waals surface area contributed by atoms with Crippen molar-refractivity contribution >= 4 is 17.2 Å². The second-order valence-corrected chi connectivity index (χ2v) is 3.54. The van der Waals surface area contributed by atoms with Crippen molar-refractivity contribution in [3.8, 4) is 5.88 Å². The van der Waals surface area contributed by atoms with E-state index in [-0.39, 0.29) is 11.7 Å². The van der Waals surface area contributed by atoms with Crippen LogP contribution in [-0.2, 0) is 0 Å². The van der Waals surface area contributed by atoms with E-state index < -0.39 is 6.10 Å². The summed E-state index contributed by atoms with van der Waals surface area (Å²) in [6.07, 6.45) is -0.889. The fourth-order valence-corrected chi connectivity index (χ4v) is 1.63. The van der Waals surface area contributed by atoms with Crippen LogP contribution in [0, 0.1) is 0 Å². The first-order valence-corrected chi connectivity index (χ1v) is 5.02. The molecule has 6 nitrogen and oxygen atoms in total. The molecular formula is C9H11ClN4O2. The third kappa shape index (κ3) is 1.71. The summed E-state index contributed by atoms with van der Waals surface area (Å²) in [5.74, 6) is 0.417. The summed E-state index contributed by atoms with van der Waals surface area (Å²) in [5.41, 5.74) is 6.21. The Labute approximate surface area is 96.6 Å². The molecule has 0 saturated carbocycles. The Morgan fingerprint density at radius 2 is 2.38 bits per heavy atom. The number of nitrogens with zero attached hydrogens (tertiary/aromatic N) is 3. The van der Waals surface area contributed by atoms with Crippen LogP contribution in [0.15, 0.2) is 12.1 Å². The van der Waals surface area contributed by atoms with Gasteiger partial charge in [-0.15, -0.1) is 5.10 Å². The molecule has 0 aliphatic rings. The van der Waals surface area contributed by atoms with E-state index in [0.29, 0.717) is 17.2 Å². The van der Waals surface area contributed by atoms with Gasteiger partial charge in [-0.05, 0) is 6.07 Å². The van der Waals surface area contributed by atoms with Gasteiger partial charge < -0.3 is 15.6 Å². The average molecular weight is 243 g/mol. The molecule has 2 rings (SSSR count). The van der Waals surface area contributed by atoms with Crippen molar-refractivity contribution in [2.75, 3.05) is 13.7 Å². The van der Waals surface area contributed by atoms with Crippen molar-refractivity contribution in [1.82, 2.24) is 14.6 Å². The molecule has 0 saturated heterocycles. The number of imidazole rings is 1. The Bertz CT molecular complexity index is 513. The van der Waals surface area contributed by atoms with Gasteiger partial charge in [-0.2, -0.15) is 4.52 Å². The molecule has 7 heteroatoms. The molecule has 0 spiro atoms. The molecular weight excluding hydrogens is 232 g/mol. The molecule has 2 heterocycles. The van der Waals surface area contributed by atoms with E-state index in [4.69, 9.17) is 22.1 Å². The minimum Gasteiger partial charge on any atom is -0.480 e. The van der Waals surface area contributed by atoms with Gasteiger partial charge in [0.1, 0.15) is 11.8 Å². The van der Waals surface area contributed by atoms with Gasteiger partial charge in [0.25, 0.3) is 0 Å². The number of ether oxygens (including phenoxy) is 1. The third-order valence-corrected chi connectivity index (χ3v) is 2.52. The van der Waals surface area contributed by atoms with Crippen molar-refractivity contribution in [2.24, 2.45) is 5.73 Å². The quantitative estimate of drug-likeness (QED) is 0.813. The minimum atomic E-state index is -0.889. The Balaban J connectivity index is 2.59. The number of aliphatic hydroxyl groups excluding tert-OH is 1. The molecule has 0 aliphatic carbocycles. The minimum absolute atomic E-state index is 0.0563. The summed E-state index contributed by atoms with van der Waals surface area (Å²) < 4.78 is 6.37. The van der Waals surface area contributed by atoms with Crippen LogP contribution in [0.1, 0.15) is 11.8 Å². The number of fused-ring (bicyclic) bond motifs is 1. The molecule has 1 unspecified atom stereocenters. The molecule has 3 N–H and O–H groups in total. The van der Waals surface area contributed by atoms with Crippen molar-refractivity contribution in [2.45, 2.75) is 6.10 Å². The van der Waals surface area contributed by atoms with Crippen molar-refractivity contribution in [3.63, 3.8) is 0 Å². The van der Waals surface area contributed by atoms with Gasteiger partial charge in [-0.3, -0.25) is 0 Å². The SMILES string of the molecule is COc1ccc2nc(C(O)CN)c(Cl)n2n1. The van der Waals surface area contributed by atoms with E-state index in [1.54, 1.807) is 12.1 Å². The van der Waals surface area contributed by atoms with Gasteiger partial charge in [-0.25, -0.2) is 4.98 Å². The summed E-state index contributed by atoms with van der Waals surface area (Å²) in [6.45, 7) is 0.0563. The number of methoxy groups -OCH3 is 1. The first-order valence-electron chi connectivity index (χ1n) is 4.64. The lowest BCUT2D eigenvalue weighted by Crippen LogP contribution is -2.12. The van der Waals surface area contributed by atoms with Gasteiger partial charge >= 0.3 is 0 Å². The topological polar surface area (TPSA) is 85.7 Å². The zero-order valence-corrected chi connectivity index (χ0v) is 9.35. The summed E-state index contributed by atoms with van der Waals surface area (Å²) in [6, 6.07) is 3.36. The largest absolute Gasteiger partial charge is 0.480 e. The maximum Gasteiger partial charge on any atom is 0.231 e. The van der Waals surface area contributed by atoms with Gasteiger partial charge in [0.05, 0.1) is 7.11 Å². The molecule has 0 radical (unpaired) electrons. The number of hydrogen-bond acceptors (Lipinski definition) is 5. The standard InChI is InChI=1S/C9H11ClN4O2/c1-16-7-3-2-6-12-8(5(15)4-11)9(10)14(6)13-7/h2-3,5,15H,4,11H2,1H3. The lowest BCUT2D eigenvalue weighted by Gasteiger charge is -2.03. The molecule has 0 fully saturated rings. The number of aromatic nitrogens is 3. The molecule has 2 aromatic heterocycles. The molecule has 0 bridgehead atoms. The van der Waals surface area contributed by atoms with E-state index in [1.807, 2.05) is 0 Å². The number of halogens is 1. The monoisotopic (exact) mass is 242 g/mol. The second-order valence-electron chi connectivity index (χ2n) is 3.19. The predicted octanol–water partition coefficient (Wildman–Crippen LogP) is 0.383. The summed E-state index contributed by atoms with van der Waals surface area (Å²) >= 11 is 6.03. The zero-order valence-electron chi connectivity index (χ0n) is 8.59. The Kier molecular flexibility index (Phi) is 2.95. The molecule has 0 amide bonds. The van der Waals surface area contributed by atoms with E-state index >= 15 is 0 Å². The normalized spacial score (nSPS) is 13.0. The van der Waals surface area contributed by atoms with Crippen LogP contribution < -0.4 is 10.5 Å². The molecule has 0 aliphatic heterocycles. The number of nitrogens with two attached hydrogens (primary N) is 1. The Hall–Kier alpha value is -1.37. The van der Waals surface area contributed by atoms with Gasteiger partial charge in [0.15, 0.2) is 10.8 Å².